The fourth-order valence-electron chi connectivity index (χ4n) is 1.78. The maximum absolute atomic E-state index is 13.5. The molecular weight excluding hydrogens is 617 g/mol. The van der Waals surface area contributed by atoms with Crippen LogP contribution in [-0.4, -0.2) is 6.17 Å². The number of rotatable bonds is 7. The Bertz CT molecular complexity index is 745. The van der Waals surface area contributed by atoms with E-state index in [0.717, 1.165) is 11.1 Å². The lowest BCUT2D eigenvalue weighted by molar-refractivity contribution is 0.191. The Morgan fingerprint density at radius 3 is 1.56 bits per heavy atom. The summed E-state index contributed by atoms with van der Waals surface area (Å²) < 4.78 is 50.5. The normalized spacial score (nSPS) is 11.6. The van der Waals surface area contributed by atoms with Gasteiger partial charge >= 0.3 is 13.8 Å². The molecule has 0 bridgehead atoms. The Kier molecular flexibility index (Phi) is 7.95. The van der Waals surface area contributed by atoms with Gasteiger partial charge in [0.25, 0.3) is 0 Å². The summed E-state index contributed by atoms with van der Waals surface area (Å²) in [5, 5.41) is 1.17. The summed E-state index contributed by atoms with van der Waals surface area (Å²) in [7, 11) is -4.75. The van der Waals surface area contributed by atoms with E-state index in [1.54, 1.807) is 24.3 Å². The summed E-state index contributed by atoms with van der Waals surface area (Å²) in [4.78, 5) is 0. The first-order valence-electron chi connectivity index (χ1n) is 6.75. The zero-order valence-electron chi connectivity index (χ0n) is 12.4. The number of halogens is 6. The van der Waals surface area contributed by atoms with Gasteiger partial charge in [0, 0.05) is 10.7 Å². The lowest BCUT2D eigenvalue weighted by Gasteiger charge is -2.20. The highest BCUT2D eigenvalue weighted by atomic mass is 79.9. The highest BCUT2D eigenvalue weighted by molar-refractivity contribution is 9.11. The molecule has 0 unspecified atom stereocenters. The Morgan fingerprint density at radius 2 is 1.28 bits per heavy atom. The molecule has 0 atom stereocenters. The van der Waals surface area contributed by atoms with Gasteiger partial charge in [0.2, 0.25) is 0 Å². The molecular formula is C15H11Br4F2O3P. The number of hydrogen-bond acceptors (Lipinski definition) is 3. The molecule has 2 aromatic rings. The third-order valence-electron chi connectivity index (χ3n) is 2.99. The van der Waals surface area contributed by atoms with Crippen molar-refractivity contribution in [3.8, 4) is 11.5 Å². The van der Waals surface area contributed by atoms with Gasteiger partial charge in [0.15, 0.2) is 0 Å². The zero-order chi connectivity index (χ0) is 18.6. The van der Waals surface area contributed by atoms with Gasteiger partial charge < -0.3 is 9.05 Å². The Labute approximate surface area is 177 Å². The van der Waals surface area contributed by atoms with Crippen LogP contribution in [0.15, 0.2) is 45.3 Å². The van der Waals surface area contributed by atoms with E-state index >= 15 is 0 Å². The summed E-state index contributed by atoms with van der Waals surface area (Å²) >= 11 is 13.0. The van der Waals surface area contributed by atoms with Gasteiger partial charge in [-0.25, -0.2) is 4.57 Å². The van der Waals surface area contributed by atoms with E-state index in [9.17, 15) is 13.3 Å². The molecule has 0 aliphatic rings. The fourth-order valence-corrected chi connectivity index (χ4v) is 4.80. The van der Waals surface area contributed by atoms with Crippen molar-refractivity contribution in [3.05, 3.63) is 56.5 Å². The van der Waals surface area contributed by atoms with Gasteiger partial charge in [0.1, 0.15) is 11.5 Å². The van der Waals surface area contributed by atoms with Crippen LogP contribution < -0.4 is 9.05 Å². The van der Waals surface area contributed by atoms with Crippen LogP contribution in [0.2, 0.25) is 0 Å². The molecule has 2 aromatic carbocycles. The monoisotopic (exact) mass is 624 g/mol. The van der Waals surface area contributed by atoms with Crippen LogP contribution in [0.25, 0.3) is 0 Å². The molecule has 0 aliphatic heterocycles. The molecule has 2 rings (SSSR count). The molecule has 25 heavy (non-hydrogen) atoms. The molecule has 0 fully saturated rings. The predicted molar refractivity (Wildman–Crippen MR) is 108 cm³/mol. The van der Waals surface area contributed by atoms with Crippen molar-refractivity contribution in [3.63, 3.8) is 0 Å². The van der Waals surface area contributed by atoms with E-state index < -0.39 is 13.8 Å². The molecule has 0 spiro atoms. The molecule has 0 heterocycles. The molecule has 0 N–H and O–H groups in total. The molecule has 0 aliphatic carbocycles. The van der Waals surface area contributed by atoms with Crippen molar-refractivity contribution in [1.29, 1.82) is 0 Å². The van der Waals surface area contributed by atoms with Crippen LogP contribution in [0, 0.1) is 0 Å². The maximum Gasteiger partial charge on any atom is 0.497 e. The first-order valence-corrected chi connectivity index (χ1v) is 12.2. The second-order valence-electron chi connectivity index (χ2n) is 4.80. The van der Waals surface area contributed by atoms with Crippen molar-refractivity contribution >= 4 is 71.3 Å². The molecule has 3 nitrogen and oxygen atoms in total. The summed E-state index contributed by atoms with van der Waals surface area (Å²) in [5.41, 5.74) is 1.81. The summed E-state index contributed by atoms with van der Waals surface area (Å²) in [6, 6.07) is 9.63. The second-order valence-corrected chi connectivity index (χ2v) is 9.46. The highest BCUT2D eigenvalue weighted by Gasteiger charge is 2.41. The lowest BCUT2D eigenvalue weighted by Crippen LogP contribution is -2.09. The third-order valence-corrected chi connectivity index (χ3v) is 6.91. The van der Waals surface area contributed by atoms with Crippen LogP contribution in [0.3, 0.4) is 0 Å². The van der Waals surface area contributed by atoms with Gasteiger partial charge in [-0.05, 0) is 67.3 Å². The Hall–Kier alpha value is 0.0500. The Balaban J connectivity index is 2.31. The number of alkyl halides is 4. The van der Waals surface area contributed by atoms with Gasteiger partial charge in [0.05, 0.1) is 8.95 Å². The highest BCUT2D eigenvalue weighted by Crippen LogP contribution is 2.56. The summed E-state index contributed by atoms with van der Waals surface area (Å²) in [5.74, 6) is 0.0306. The molecule has 136 valence electrons. The Morgan fingerprint density at radius 1 is 0.880 bits per heavy atom. The van der Waals surface area contributed by atoms with Crippen LogP contribution in [0.1, 0.15) is 11.1 Å². The van der Waals surface area contributed by atoms with E-state index in [4.69, 9.17) is 9.05 Å². The first-order chi connectivity index (χ1) is 11.8. The lowest BCUT2D eigenvalue weighted by atomic mass is 10.2. The molecule has 10 heteroatoms. The second kappa shape index (κ2) is 9.31. The van der Waals surface area contributed by atoms with Crippen molar-refractivity contribution < 1.29 is 22.4 Å². The zero-order valence-corrected chi connectivity index (χ0v) is 19.6. The fraction of sp³-hybridized carbons (Fsp3) is 0.200. The van der Waals surface area contributed by atoms with Crippen LogP contribution >= 0.6 is 71.3 Å². The molecule has 0 amide bonds. The van der Waals surface area contributed by atoms with Crippen LogP contribution in [0.5, 0.6) is 11.5 Å². The topological polar surface area (TPSA) is 35.5 Å². The average molecular weight is 628 g/mol. The van der Waals surface area contributed by atoms with E-state index in [2.05, 4.69) is 63.7 Å². The van der Waals surface area contributed by atoms with Gasteiger partial charge in [-0.2, -0.15) is 8.78 Å². The number of hydrogen-bond donors (Lipinski definition) is 0. The van der Waals surface area contributed by atoms with E-state index in [-0.39, 0.29) is 11.5 Å². The van der Waals surface area contributed by atoms with Crippen LogP contribution in [0.4, 0.5) is 8.78 Å². The smallest absolute Gasteiger partial charge is 0.411 e. The SMILES string of the molecule is O=P(Oc1ccc(CBr)cc1Br)(Oc1ccc(CBr)cc1Br)C(F)F. The van der Waals surface area contributed by atoms with Crippen molar-refractivity contribution in [2.75, 3.05) is 0 Å². The van der Waals surface area contributed by atoms with E-state index in [1.165, 1.54) is 12.1 Å². The van der Waals surface area contributed by atoms with Crippen molar-refractivity contribution in [1.82, 2.24) is 0 Å². The number of benzene rings is 2. The van der Waals surface area contributed by atoms with E-state index in [0.29, 0.717) is 19.6 Å². The minimum absolute atomic E-state index is 0.0153. The summed E-state index contributed by atoms with van der Waals surface area (Å²) in [6.45, 7) is 0. The van der Waals surface area contributed by atoms with Gasteiger partial charge in [-0.3, -0.25) is 0 Å². The standard InChI is InChI=1S/C15H11Br4F2O3P/c16-7-9-1-3-13(11(18)5-9)23-25(22,15(20)21)24-14-4-2-10(8-17)6-12(14)19/h1-6,15H,7-8H2. The van der Waals surface area contributed by atoms with Gasteiger partial charge in [-0.1, -0.05) is 44.0 Å². The molecule has 0 saturated heterocycles. The minimum Gasteiger partial charge on any atom is -0.411 e. The predicted octanol–water partition coefficient (Wildman–Crippen LogP) is 7.87. The van der Waals surface area contributed by atoms with Crippen molar-refractivity contribution in [2.45, 2.75) is 16.8 Å². The van der Waals surface area contributed by atoms with Crippen molar-refractivity contribution in [2.24, 2.45) is 0 Å². The quantitative estimate of drug-likeness (QED) is 0.232. The molecule has 0 radical (unpaired) electrons. The van der Waals surface area contributed by atoms with Gasteiger partial charge in [-0.15, -0.1) is 0 Å². The van der Waals surface area contributed by atoms with Crippen LogP contribution in [-0.2, 0) is 15.2 Å². The largest absolute Gasteiger partial charge is 0.497 e. The average Bonchev–Trinajstić information content (AvgIpc) is 2.58. The first kappa shape index (κ1) is 21.4. The molecule has 0 saturated carbocycles. The third kappa shape index (κ3) is 5.51. The van der Waals surface area contributed by atoms with E-state index in [1.807, 2.05) is 0 Å². The maximum atomic E-state index is 13.5. The minimum atomic E-state index is -4.75. The molecule has 0 aromatic heterocycles. The summed E-state index contributed by atoms with van der Waals surface area (Å²) in [6.07, 6.45) is -3.31.